The van der Waals surface area contributed by atoms with Crippen LogP contribution in [0.25, 0.3) is 22.5 Å². The molecule has 1 amide bonds. The smallest absolute Gasteiger partial charge is 0.238 e. The largest absolute Gasteiger partial charge is 0.495 e. The second-order valence-corrected chi connectivity index (χ2v) is 9.32. The number of fused-ring (bicyclic) bond motifs is 3. The lowest BCUT2D eigenvalue weighted by Crippen LogP contribution is -2.48. The highest BCUT2D eigenvalue weighted by Crippen LogP contribution is 2.39. The number of para-hydroxylation sites is 2. The molecule has 1 aliphatic carbocycles. The molecule has 1 aliphatic heterocycles. The van der Waals surface area contributed by atoms with E-state index in [4.69, 9.17) is 4.74 Å². The van der Waals surface area contributed by atoms with Gasteiger partial charge in [0.05, 0.1) is 30.7 Å². The van der Waals surface area contributed by atoms with E-state index in [9.17, 15) is 4.79 Å². The lowest BCUT2D eigenvalue weighted by atomic mass is 10.1. The van der Waals surface area contributed by atoms with Crippen LogP contribution >= 0.6 is 0 Å². The molecule has 36 heavy (non-hydrogen) atoms. The van der Waals surface area contributed by atoms with E-state index >= 15 is 0 Å². The Morgan fingerprint density at radius 3 is 2.53 bits per heavy atom. The molecular weight excluding hydrogens is 450 g/mol. The zero-order valence-electron chi connectivity index (χ0n) is 20.3. The van der Waals surface area contributed by atoms with Gasteiger partial charge >= 0.3 is 0 Å². The molecule has 182 valence electrons. The Hall–Kier alpha value is -4.10. The fraction of sp³-hybridized carbons (Fsp3) is 0.241. The molecule has 2 heterocycles. The quantitative estimate of drug-likeness (QED) is 0.377. The predicted octanol–water partition coefficient (Wildman–Crippen LogP) is 4.42. The number of hydrogen-bond donors (Lipinski definition) is 2. The van der Waals surface area contributed by atoms with Crippen molar-refractivity contribution >= 4 is 17.3 Å². The highest BCUT2D eigenvalue weighted by atomic mass is 16.5. The van der Waals surface area contributed by atoms with E-state index in [1.807, 2.05) is 42.5 Å². The summed E-state index contributed by atoms with van der Waals surface area (Å²) in [6, 6.07) is 24.5. The van der Waals surface area contributed by atoms with Gasteiger partial charge in [-0.1, -0.05) is 48.5 Å². The number of benzene rings is 3. The molecule has 0 saturated carbocycles. The molecule has 7 heteroatoms. The van der Waals surface area contributed by atoms with E-state index in [2.05, 4.69) is 55.6 Å². The normalized spacial score (nSPS) is 14.9. The summed E-state index contributed by atoms with van der Waals surface area (Å²) >= 11 is 0. The molecule has 0 unspecified atom stereocenters. The lowest BCUT2D eigenvalue weighted by Gasteiger charge is -2.36. The summed E-state index contributed by atoms with van der Waals surface area (Å²) in [5.74, 6) is 0.890. The Bertz CT molecular complexity index is 1390. The van der Waals surface area contributed by atoms with E-state index in [0.29, 0.717) is 6.54 Å². The van der Waals surface area contributed by atoms with Crippen LogP contribution in [-0.2, 0) is 11.2 Å². The SMILES string of the molecule is COc1ccccc1N1CCN(CC(=O)Nc2ccc(-c3n[nH]c4c3Cc3ccccc3-4)cc2)CC1. The van der Waals surface area contributed by atoms with Crippen molar-refractivity contribution in [2.24, 2.45) is 0 Å². The van der Waals surface area contributed by atoms with E-state index in [1.54, 1.807) is 7.11 Å². The molecule has 1 aromatic heterocycles. The monoisotopic (exact) mass is 479 g/mol. The van der Waals surface area contributed by atoms with Gasteiger partial charge in [-0.05, 0) is 29.8 Å². The molecule has 6 rings (SSSR count). The number of carbonyl (C=O) groups is 1. The van der Waals surface area contributed by atoms with E-state index in [-0.39, 0.29) is 5.91 Å². The molecule has 0 atom stereocenters. The molecular formula is C29H29N5O2. The van der Waals surface area contributed by atoms with Gasteiger partial charge in [0.2, 0.25) is 5.91 Å². The van der Waals surface area contributed by atoms with Gasteiger partial charge in [-0.15, -0.1) is 0 Å². The highest BCUT2D eigenvalue weighted by Gasteiger charge is 2.25. The standard InChI is InChI=1S/C29H29N5O2/c1-36-26-9-5-4-8-25(26)34-16-14-33(15-17-34)19-27(35)30-22-12-10-20(11-13-22)28-24-18-21-6-2-3-7-23(21)29(24)32-31-28/h2-13H,14-19H2,1H3,(H,30,35)(H,31,32). The second kappa shape index (κ2) is 9.51. The number of piperazine rings is 1. The van der Waals surface area contributed by atoms with Crippen LogP contribution in [0.3, 0.4) is 0 Å². The van der Waals surface area contributed by atoms with Crippen molar-refractivity contribution in [1.29, 1.82) is 0 Å². The van der Waals surface area contributed by atoms with Gasteiger partial charge in [-0.3, -0.25) is 14.8 Å². The average molecular weight is 480 g/mol. The minimum absolute atomic E-state index is 0.00426. The van der Waals surface area contributed by atoms with Gasteiger partial charge in [-0.2, -0.15) is 5.10 Å². The Balaban J connectivity index is 1.05. The van der Waals surface area contributed by atoms with Crippen LogP contribution < -0.4 is 15.0 Å². The number of nitrogens with zero attached hydrogens (tertiary/aromatic N) is 3. The summed E-state index contributed by atoms with van der Waals surface area (Å²) < 4.78 is 5.50. The topological polar surface area (TPSA) is 73.5 Å². The first-order valence-corrected chi connectivity index (χ1v) is 12.4. The number of carbonyl (C=O) groups excluding carboxylic acids is 1. The summed E-state index contributed by atoms with van der Waals surface area (Å²) in [5.41, 5.74) is 8.85. The van der Waals surface area contributed by atoms with Crippen LogP contribution in [0.15, 0.2) is 72.8 Å². The second-order valence-electron chi connectivity index (χ2n) is 9.32. The number of ether oxygens (including phenoxy) is 1. The van der Waals surface area contributed by atoms with Crippen molar-refractivity contribution in [2.45, 2.75) is 6.42 Å². The Labute approximate surface area is 210 Å². The molecule has 3 aromatic carbocycles. The first kappa shape index (κ1) is 22.4. The third-order valence-electron chi connectivity index (χ3n) is 7.13. The van der Waals surface area contributed by atoms with Crippen LogP contribution in [0, 0.1) is 0 Å². The third kappa shape index (κ3) is 4.22. The van der Waals surface area contributed by atoms with Crippen LogP contribution in [0.5, 0.6) is 5.75 Å². The van der Waals surface area contributed by atoms with Crippen LogP contribution in [0.4, 0.5) is 11.4 Å². The molecule has 7 nitrogen and oxygen atoms in total. The number of nitrogens with one attached hydrogen (secondary N) is 2. The van der Waals surface area contributed by atoms with Gasteiger partial charge in [0.15, 0.2) is 0 Å². The molecule has 1 fully saturated rings. The van der Waals surface area contributed by atoms with Gasteiger partial charge in [0.25, 0.3) is 0 Å². The number of hydrogen-bond acceptors (Lipinski definition) is 5. The van der Waals surface area contributed by atoms with Crippen molar-refractivity contribution in [2.75, 3.05) is 50.1 Å². The summed E-state index contributed by atoms with van der Waals surface area (Å²) in [5, 5.41) is 10.8. The van der Waals surface area contributed by atoms with Crippen LogP contribution in [0.2, 0.25) is 0 Å². The third-order valence-corrected chi connectivity index (χ3v) is 7.13. The number of aromatic amines is 1. The molecule has 0 spiro atoms. The Morgan fingerprint density at radius 1 is 0.972 bits per heavy atom. The average Bonchev–Trinajstić information content (AvgIpc) is 3.49. The summed E-state index contributed by atoms with van der Waals surface area (Å²) in [7, 11) is 1.70. The molecule has 2 aliphatic rings. The Kier molecular flexibility index (Phi) is 5.91. The van der Waals surface area contributed by atoms with Crippen LogP contribution in [0.1, 0.15) is 11.1 Å². The maximum atomic E-state index is 12.7. The number of amides is 1. The number of rotatable bonds is 6. The van der Waals surface area contributed by atoms with Gasteiger partial charge in [0.1, 0.15) is 5.75 Å². The van der Waals surface area contributed by atoms with Crippen molar-refractivity contribution in [1.82, 2.24) is 15.1 Å². The van der Waals surface area contributed by atoms with Crippen molar-refractivity contribution in [3.63, 3.8) is 0 Å². The Morgan fingerprint density at radius 2 is 1.72 bits per heavy atom. The fourth-order valence-electron chi connectivity index (χ4n) is 5.26. The summed E-state index contributed by atoms with van der Waals surface area (Å²) in [6.45, 7) is 3.77. The molecule has 0 bridgehead atoms. The molecule has 1 saturated heterocycles. The van der Waals surface area contributed by atoms with Crippen LogP contribution in [-0.4, -0.2) is 60.8 Å². The van der Waals surface area contributed by atoms with E-state index in [1.165, 1.54) is 16.7 Å². The predicted molar refractivity (Wildman–Crippen MR) is 143 cm³/mol. The van der Waals surface area contributed by atoms with Crippen molar-refractivity contribution in [3.8, 4) is 28.3 Å². The minimum atomic E-state index is 0.00426. The summed E-state index contributed by atoms with van der Waals surface area (Å²) in [6.07, 6.45) is 0.889. The zero-order valence-corrected chi connectivity index (χ0v) is 20.3. The van der Waals surface area contributed by atoms with Crippen molar-refractivity contribution in [3.05, 3.63) is 83.9 Å². The first-order chi connectivity index (χ1) is 17.7. The minimum Gasteiger partial charge on any atom is -0.495 e. The number of anilines is 2. The number of aromatic nitrogens is 2. The first-order valence-electron chi connectivity index (χ1n) is 12.4. The highest BCUT2D eigenvalue weighted by molar-refractivity contribution is 5.92. The summed E-state index contributed by atoms with van der Waals surface area (Å²) in [4.78, 5) is 17.2. The molecule has 0 radical (unpaired) electrons. The molecule has 4 aromatic rings. The number of methoxy groups -OCH3 is 1. The number of H-pyrrole nitrogens is 1. The van der Waals surface area contributed by atoms with Gasteiger partial charge in [0, 0.05) is 55.0 Å². The van der Waals surface area contributed by atoms with Gasteiger partial charge in [-0.25, -0.2) is 0 Å². The zero-order chi connectivity index (χ0) is 24.5. The van der Waals surface area contributed by atoms with Gasteiger partial charge < -0.3 is 15.0 Å². The van der Waals surface area contributed by atoms with E-state index in [0.717, 1.165) is 66.7 Å². The maximum absolute atomic E-state index is 12.7. The van der Waals surface area contributed by atoms with Crippen molar-refractivity contribution < 1.29 is 9.53 Å². The lowest BCUT2D eigenvalue weighted by molar-refractivity contribution is -0.117. The fourth-order valence-corrected chi connectivity index (χ4v) is 5.26. The van der Waals surface area contributed by atoms with E-state index < -0.39 is 0 Å². The molecule has 2 N–H and O–H groups in total. The maximum Gasteiger partial charge on any atom is 0.238 e.